The second-order valence-corrected chi connectivity index (χ2v) is 4.58. The fraction of sp³-hybridized carbons (Fsp3) is 0.769. The van der Waals surface area contributed by atoms with Gasteiger partial charge in [0.25, 0.3) is 0 Å². The number of rotatable bonds is 7. The Hall–Kier alpha value is -1.59. The fourth-order valence-electron chi connectivity index (χ4n) is 2.05. The predicted octanol–water partition coefficient (Wildman–Crippen LogP) is 1.72. The minimum absolute atomic E-state index is 0.0167. The molecule has 0 saturated carbocycles. The average Bonchev–Trinajstić information content (AvgIpc) is 2.83. The van der Waals surface area contributed by atoms with Gasteiger partial charge in [-0.3, -0.25) is 9.59 Å². The van der Waals surface area contributed by atoms with Crippen LogP contribution in [0.3, 0.4) is 0 Å². The van der Waals surface area contributed by atoms with Crippen molar-refractivity contribution in [2.45, 2.75) is 39.0 Å². The molecular formula is C13H21NO5. The molecule has 0 aromatic carbocycles. The number of cyclic esters (lactones) is 1. The summed E-state index contributed by atoms with van der Waals surface area (Å²) in [6.45, 7) is 2.56. The third kappa shape index (κ3) is 4.54. The minimum atomic E-state index is -0.615. The summed E-state index contributed by atoms with van der Waals surface area (Å²) in [5, 5.41) is 0. The van der Waals surface area contributed by atoms with E-state index in [1.165, 1.54) is 7.11 Å². The largest absolute Gasteiger partial charge is 0.469 e. The van der Waals surface area contributed by atoms with Gasteiger partial charge in [0, 0.05) is 5.92 Å². The van der Waals surface area contributed by atoms with Gasteiger partial charge in [-0.15, -0.1) is 0 Å². The number of hydrogen-bond acceptors (Lipinski definition) is 5. The molecule has 0 aromatic rings. The van der Waals surface area contributed by atoms with Gasteiger partial charge in [0.2, 0.25) is 5.91 Å². The van der Waals surface area contributed by atoms with Crippen LogP contribution in [0.1, 0.15) is 39.0 Å². The maximum absolute atomic E-state index is 12.2. The molecule has 6 nitrogen and oxygen atoms in total. The number of ether oxygens (including phenoxy) is 2. The third-order valence-corrected chi connectivity index (χ3v) is 3.17. The van der Waals surface area contributed by atoms with E-state index in [0.717, 1.165) is 24.2 Å². The van der Waals surface area contributed by atoms with Crippen molar-refractivity contribution >= 4 is 18.0 Å². The fourth-order valence-corrected chi connectivity index (χ4v) is 2.05. The number of imide groups is 1. The molecule has 0 aliphatic carbocycles. The van der Waals surface area contributed by atoms with Gasteiger partial charge in [-0.2, -0.15) is 0 Å². The number of hydrogen-bond donors (Lipinski definition) is 0. The van der Waals surface area contributed by atoms with E-state index in [0.29, 0.717) is 6.42 Å². The Morgan fingerprint density at radius 1 is 1.42 bits per heavy atom. The van der Waals surface area contributed by atoms with Crippen molar-refractivity contribution in [3.8, 4) is 0 Å². The van der Waals surface area contributed by atoms with Crippen LogP contribution in [-0.2, 0) is 19.1 Å². The maximum Gasteiger partial charge on any atom is 0.416 e. The highest BCUT2D eigenvalue weighted by Gasteiger charge is 2.34. The second-order valence-electron chi connectivity index (χ2n) is 4.58. The Kier molecular flexibility index (Phi) is 6.32. The molecule has 108 valence electrons. The number of methoxy groups -OCH3 is 1. The summed E-state index contributed by atoms with van der Waals surface area (Å²) < 4.78 is 9.34. The van der Waals surface area contributed by atoms with Crippen molar-refractivity contribution in [2.75, 3.05) is 20.3 Å². The third-order valence-electron chi connectivity index (χ3n) is 3.17. The van der Waals surface area contributed by atoms with Crippen molar-refractivity contribution in [2.24, 2.45) is 5.92 Å². The molecule has 1 atom stereocenters. The molecule has 0 radical (unpaired) electrons. The Morgan fingerprint density at radius 2 is 2.16 bits per heavy atom. The molecule has 1 saturated heterocycles. The lowest BCUT2D eigenvalue weighted by Gasteiger charge is -2.19. The van der Waals surface area contributed by atoms with Gasteiger partial charge in [0.1, 0.15) is 6.61 Å². The summed E-state index contributed by atoms with van der Waals surface area (Å²) >= 11 is 0. The van der Waals surface area contributed by atoms with E-state index < -0.39 is 18.0 Å². The lowest BCUT2D eigenvalue weighted by atomic mass is 9.96. The summed E-state index contributed by atoms with van der Waals surface area (Å²) in [5.74, 6) is -1.25. The predicted molar refractivity (Wildman–Crippen MR) is 67.3 cm³/mol. The van der Waals surface area contributed by atoms with Crippen molar-refractivity contribution in [1.29, 1.82) is 0 Å². The van der Waals surface area contributed by atoms with E-state index in [1.807, 2.05) is 0 Å². The lowest BCUT2D eigenvalue weighted by Crippen LogP contribution is -2.37. The van der Waals surface area contributed by atoms with Crippen LogP contribution in [0.25, 0.3) is 0 Å². The molecule has 1 fully saturated rings. The van der Waals surface area contributed by atoms with Gasteiger partial charge in [-0.05, 0) is 6.42 Å². The van der Waals surface area contributed by atoms with Crippen molar-refractivity contribution in [3.63, 3.8) is 0 Å². The van der Waals surface area contributed by atoms with Crippen LogP contribution >= 0.6 is 0 Å². The summed E-state index contributed by atoms with van der Waals surface area (Å²) in [6.07, 6.45) is 2.87. The molecule has 1 heterocycles. The van der Waals surface area contributed by atoms with Crippen LogP contribution in [0, 0.1) is 5.92 Å². The Labute approximate surface area is 113 Å². The van der Waals surface area contributed by atoms with Crippen LogP contribution in [-0.4, -0.2) is 43.1 Å². The van der Waals surface area contributed by atoms with Gasteiger partial charge >= 0.3 is 12.1 Å². The monoisotopic (exact) mass is 271 g/mol. The molecule has 19 heavy (non-hydrogen) atoms. The number of amides is 2. The molecule has 0 N–H and O–H groups in total. The first-order valence-corrected chi connectivity index (χ1v) is 6.65. The lowest BCUT2D eigenvalue weighted by molar-refractivity contribution is -0.146. The molecule has 0 bridgehead atoms. The normalized spacial score (nSPS) is 16.1. The average molecular weight is 271 g/mol. The quantitative estimate of drug-likeness (QED) is 0.520. The van der Waals surface area contributed by atoms with E-state index in [1.54, 1.807) is 0 Å². The molecular weight excluding hydrogens is 250 g/mol. The van der Waals surface area contributed by atoms with Crippen LogP contribution in [0.2, 0.25) is 0 Å². The number of unbranched alkanes of at least 4 members (excludes halogenated alkanes) is 2. The highest BCUT2D eigenvalue weighted by Crippen LogP contribution is 2.19. The highest BCUT2D eigenvalue weighted by atomic mass is 16.6. The first-order chi connectivity index (χ1) is 9.10. The molecule has 0 aromatic heterocycles. The number of carbonyl (C=O) groups excluding carboxylic acids is 3. The number of esters is 1. The molecule has 1 unspecified atom stereocenters. The van der Waals surface area contributed by atoms with Crippen LogP contribution in [0.4, 0.5) is 4.79 Å². The molecule has 0 spiro atoms. The van der Waals surface area contributed by atoms with E-state index >= 15 is 0 Å². The zero-order valence-corrected chi connectivity index (χ0v) is 11.5. The number of carbonyl (C=O) groups is 3. The van der Waals surface area contributed by atoms with Gasteiger partial charge < -0.3 is 9.47 Å². The second kappa shape index (κ2) is 7.76. The van der Waals surface area contributed by atoms with Crippen LogP contribution < -0.4 is 0 Å². The van der Waals surface area contributed by atoms with Crippen LogP contribution in [0.5, 0.6) is 0 Å². The summed E-state index contributed by atoms with van der Waals surface area (Å²) in [6, 6.07) is 0. The van der Waals surface area contributed by atoms with E-state index in [9.17, 15) is 14.4 Å². The Balaban J connectivity index is 2.62. The first-order valence-electron chi connectivity index (χ1n) is 6.65. The van der Waals surface area contributed by atoms with Crippen molar-refractivity contribution in [1.82, 2.24) is 4.90 Å². The van der Waals surface area contributed by atoms with Gasteiger partial charge in [-0.1, -0.05) is 26.2 Å². The molecule has 1 rings (SSSR count). The summed E-state index contributed by atoms with van der Waals surface area (Å²) in [5.41, 5.74) is 0. The van der Waals surface area contributed by atoms with Gasteiger partial charge in [0.15, 0.2) is 0 Å². The maximum atomic E-state index is 12.2. The van der Waals surface area contributed by atoms with E-state index in [-0.39, 0.29) is 25.5 Å². The summed E-state index contributed by atoms with van der Waals surface area (Å²) in [7, 11) is 1.29. The van der Waals surface area contributed by atoms with E-state index in [2.05, 4.69) is 11.7 Å². The molecule has 1 aliphatic rings. The van der Waals surface area contributed by atoms with Crippen molar-refractivity contribution in [3.05, 3.63) is 0 Å². The zero-order valence-electron chi connectivity index (χ0n) is 11.5. The smallest absolute Gasteiger partial charge is 0.416 e. The number of nitrogens with zero attached hydrogens (tertiary/aromatic N) is 1. The SMILES string of the molecule is CCCCCC(CC(=O)OC)C(=O)N1CCOC1=O. The molecule has 1 aliphatic heterocycles. The first kappa shape index (κ1) is 15.5. The standard InChI is InChI=1S/C13H21NO5/c1-3-4-5-6-10(9-11(15)18-2)12(16)14-7-8-19-13(14)17/h10H,3-9H2,1-2H3. The minimum Gasteiger partial charge on any atom is -0.469 e. The van der Waals surface area contributed by atoms with E-state index in [4.69, 9.17) is 4.74 Å². The highest BCUT2D eigenvalue weighted by molar-refractivity contribution is 5.95. The Bertz CT molecular complexity index is 342. The molecule has 6 heteroatoms. The van der Waals surface area contributed by atoms with Gasteiger partial charge in [0.05, 0.1) is 20.1 Å². The molecule has 2 amide bonds. The Morgan fingerprint density at radius 3 is 2.68 bits per heavy atom. The zero-order chi connectivity index (χ0) is 14.3. The van der Waals surface area contributed by atoms with Crippen LogP contribution in [0.15, 0.2) is 0 Å². The summed E-state index contributed by atoms with van der Waals surface area (Å²) in [4.78, 5) is 36.0. The van der Waals surface area contributed by atoms with Gasteiger partial charge in [-0.25, -0.2) is 9.69 Å². The topological polar surface area (TPSA) is 72.9 Å². The van der Waals surface area contributed by atoms with Crippen molar-refractivity contribution < 1.29 is 23.9 Å².